The smallest absolute Gasteiger partial charge is 0.311 e. The lowest BCUT2D eigenvalue weighted by atomic mass is 10.1. The summed E-state index contributed by atoms with van der Waals surface area (Å²) in [6.07, 6.45) is 0.414. The van der Waals surface area contributed by atoms with E-state index in [1.54, 1.807) is 27.7 Å². The molecule has 0 amide bonds. The van der Waals surface area contributed by atoms with E-state index in [1.807, 2.05) is 6.07 Å². The van der Waals surface area contributed by atoms with Crippen molar-refractivity contribution in [2.24, 2.45) is 0 Å². The van der Waals surface area contributed by atoms with Crippen LogP contribution in [0.4, 0.5) is 5.69 Å². The molecule has 0 aliphatic carbocycles. The summed E-state index contributed by atoms with van der Waals surface area (Å²) in [5.41, 5.74) is 0.697. The van der Waals surface area contributed by atoms with Gasteiger partial charge >= 0.3 is 5.69 Å². The molecule has 0 radical (unpaired) electrons. The fourth-order valence-electron chi connectivity index (χ4n) is 1.66. The number of nitro benzene ring substituents is 1. The van der Waals surface area contributed by atoms with Crippen molar-refractivity contribution in [2.75, 3.05) is 6.61 Å². The van der Waals surface area contributed by atoms with Crippen molar-refractivity contribution < 1.29 is 14.8 Å². The minimum Gasteiger partial charge on any atom is -0.487 e. The second-order valence-electron chi connectivity index (χ2n) is 5.10. The number of benzene rings is 1. The second-order valence-corrected chi connectivity index (χ2v) is 5.10. The Morgan fingerprint density at radius 1 is 1.39 bits per heavy atom. The lowest BCUT2D eigenvalue weighted by molar-refractivity contribution is -0.386. The molecule has 0 aromatic heterocycles. The third-order valence-corrected chi connectivity index (χ3v) is 2.56. The molecule has 1 N–H and O–H groups in total. The lowest BCUT2D eigenvalue weighted by Crippen LogP contribution is -2.22. The summed E-state index contributed by atoms with van der Waals surface area (Å²) in [5, 5.41) is 20.5. The minimum absolute atomic E-state index is 0.0248. The summed E-state index contributed by atoms with van der Waals surface area (Å²) in [5.74, 6) is 0.287. The maximum absolute atomic E-state index is 11.0. The molecule has 0 saturated carbocycles. The van der Waals surface area contributed by atoms with E-state index in [1.165, 1.54) is 6.07 Å². The molecule has 5 heteroatoms. The Bertz CT molecular complexity index is 449. The summed E-state index contributed by atoms with van der Waals surface area (Å²) < 4.78 is 5.46. The lowest BCUT2D eigenvalue weighted by Gasteiger charge is -2.17. The van der Waals surface area contributed by atoms with Gasteiger partial charge in [-0.3, -0.25) is 10.1 Å². The number of aliphatic hydroxyl groups is 1. The van der Waals surface area contributed by atoms with Crippen LogP contribution in [-0.2, 0) is 0 Å². The van der Waals surface area contributed by atoms with Crippen molar-refractivity contribution in [1.82, 2.24) is 0 Å². The van der Waals surface area contributed by atoms with Gasteiger partial charge in [-0.2, -0.15) is 0 Å². The topological polar surface area (TPSA) is 72.6 Å². The number of hydrogen-bond acceptors (Lipinski definition) is 4. The molecule has 5 nitrogen and oxygen atoms in total. The zero-order valence-electron chi connectivity index (χ0n) is 11.2. The highest BCUT2D eigenvalue weighted by Crippen LogP contribution is 2.32. The molecule has 1 aromatic carbocycles. The van der Waals surface area contributed by atoms with E-state index in [0.717, 1.165) is 11.1 Å². The molecule has 0 bridgehead atoms. The van der Waals surface area contributed by atoms with E-state index in [-0.39, 0.29) is 18.0 Å². The maximum Gasteiger partial charge on any atom is 0.311 e. The number of rotatable bonds is 5. The van der Waals surface area contributed by atoms with E-state index in [9.17, 15) is 15.2 Å². The quantitative estimate of drug-likeness (QED) is 0.647. The highest BCUT2D eigenvalue weighted by molar-refractivity contribution is 5.53. The summed E-state index contributed by atoms with van der Waals surface area (Å²) in [6.45, 7) is 7.17. The van der Waals surface area contributed by atoms with Crippen LogP contribution < -0.4 is 4.74 Å². The van der Waals surface area contributed by atoms with Crippen molar-refractivity contribution in [1.29, 1.82) is 0 Å². The predicted molar refractivity (Wildman–Crippen MR) is 69.0 cm³/mol. The third-order valence-electron chi connectivity index (χ3n) is 2.56. The van der Waals surface area contributed by atoms with Gasteiger partial charge in [-0.05, 0) is 38.8 Å². The SMILES string of the molecule is Cc1cc(C)c(OCCC(C)(C)O)c([N+](=O)[O-])c1. The first-order valence-electron chi connectivity index (χ1n) is 5.81. The number of nitro groups is 1. The normalized spacial score (nSPS) is 11.4. The fraction of sp³-hybridized carbons (Fsp3) is 0.538. The Morgan fingerprint density at radius 3 is 2.50 bits per heavy atom. The van der Waals surface area contributed by atoms with E-state index in [0.29, 0.717) is 6.42 Å². The summed E-state index contributed by atoms with van der Waals surface area (Å²) in [7, 11) is 0. The van der Waals surface area contributed by atoms with Crippen molar-refractivity contribution in [3.05, 3.63) is 33.4 Å². The van der Waals surface area contributed by atoms with Crippen LogP contribution in [0.5, 0.6) is 5.75 Å². The van der Waals surface area contributed by atoms with Crippen molar-refractivity contribution >= 4 is 5.69 Å². The number of aryl methyl sites for hydroxylation is 2. The standard InChI is InChI=1S/C13H19NO4/c1-9-7-10(2)12(11(8-9)14(16)17)18-6-5-13(3,4)15/h7-8,15H,5-6H2,1-4H3. The Labute approximate surface area is 107 Å². The van der Waals surface area contributed by atoms with E-state index in [2.05, 4.69) is 0 Å². The highest BCUT2D eigenvalue weighted by atomic mass is 16.6. The predicted octanol–water partition coefficient (Wildman–Crippen LogP) is 2.75. The number of ether oxygens (including phenoxy) is 1. The van der Waals surface area contributed by atoms with E-state index >= 15 is 0 Å². The Balaban J connectivity index is 2.91. The monoisotopic (exact) mass is 253 g/mol. The van der Waals surface area contributed by atoms with Crippen molar-refractivity contribution in [3.8, 4) is 5.75 Å². The fourth-order valence-corrected chi connectivity index (χ4v) is 1.66. The second kappa shape index (κ2) is 5.35. The average Bonchev–Trinajstić information content (AvgIpc) is 2.18. The van der Waals surface area contributed by atoms with Crippen LogP contribution >= 0.6 is 0 Å². The van der Waals surface area contributed by atoms with Gasteiger partial charge in [-0.25, -0.2) is 0 Å². The molecule has 0 atom stereocenters. The molecule has 1 aromatic rings. The molecule has 0 heterocycles. The van der Waals surface area contributed by atoms with Crippen LogP contribution in [0.3, 0.4) is 0 Å². The van der Waals surface area contributed by atoms with Crippen LogP contribution in [0.25, 0.3) is 0 Å². The zero-order chi connectivity index (χ0) is 13.9. The first-order chi connectivity index (χ1) is 8.20. The largest absolute Gasteiger partial charge is 0.487 e. The zero-order valence-corrected chi connectivity index (χ0v) is 11.2. The van der Waals surface area contributed by atoms with Crippen LogP contribution in [0.1, 0.15) is 31.4 Å². The Morgan fingerprint density at radius 2 is 2.00 bits per heavy atom. The van der Waals surface area contributed by atoms with Gasteiger partial charge in [0.25, 0.3) is 0 Å². The third kappa shape index (κ3) is 4.00. The average molecular weight is 253 g/mol. The molecule has 0 aliphatic heterocycles. The van der Waals surface area contributed by atoms with Gasteiger partial charge in [0.1, 0.15) is 0 Å². The van der Waals surface area contributed by atoms with Crippen LogP contribution in [0.15, 0.2) is 12.1 Å². The summed E-state index contributed by atoms with van der Waals surface area (Å²) in [4.78, 5) is 10.5. The molecule has 0 aliphatic rings. The Kier molecular flexibility index (Phi) is 4.29. The van der Waals surface area contributed by atoms with Crippen LogP contribution in [-0.4, -0.2) is 22.2 Å². The van der Waals surface area contributed by atoms with Gasteiger partial charge in [-0.15, -0.1) is 0 Å². The van der Waals surface area contributed by atoms with Crippen molar-refractivity contribution in [3.63, 3.8) is 0 Å². The first-order valence-corrected chi connectivity index (χ1v) is 5.81. The number of hydrogen-bond donors (Lipinski definition) is 1. The molecule has 0 fully saturated rings. The molecule has 1 rings (SSSR count). The molecule has 0 unspecified atom stereocenters. The van der Waals surface area contributed by atoms with Gasteiger partial charge in [0.2, 0.25) is 0 Å². The van der Waals surface area contributed by atoms with Crippen LogP contribution in [0.2, 0.25) is 0 Å². The summed E-state index contributed by atoms with van der Waals surface area (Å²) in [6, 6.07) is 3.33. The van der Waals surface area contributed by atoms with Gasteiger partial charge < -0.3 is 9.84 Å². The first kappa shape index (κ1) is 14.4. The molecule has 0 spiro atoms. The molecular weight excluding hydrogens is 234 g/mol. The van der Waals surface area contributed by atoms with Crippen molar-refractivity contribution in [2.45, 2.75) is 39.7 Å². The number of nitrogens with zero attached hydrogens (tertiary/aromatic N) is 1. The molecular formula is C13H19NO4. The van der Waals surface area contributed by atoms with E-state index in [4.69, 9.17) is 4.74 Å². The minimum atomic E-state index is -0.840. The summed E-state index contributed by atoms with van der Waals surface area (Å²) >= 11 is 0. The van der Waals surface area contributed by atoms with Crippen LogP contribution in [0, 0.1) is 24.0 Å². The maximum atomic E-state index is 11.0. The molecule has 100 valence electrons. The Hall–Kier alpha value is -1.62. The molecule has 0 saturated heterocycles. The highest BCUT2D eigenvalue weighted by Gasteiger charge is 2.20. The molecule has 18 heavy (non-hydrogen) atoms. The van der Waals surface area contributed by atoms with Gasteiger partial charge in [0.05, 0.1) is 17.1 Å². The van der Waals surface area contributed by atoms with Gasteiger partial charge in [0, 0.05) is 12.5 Å². The van der Waals surface area contributed by atoms with E-state index < -0.39 is 10.5 Å². The van der Waals surface area contributed by atoms with Gasteiger partial charge in [0.15, 0.2) is 5.75 Å². The van der Waals surface area contributed by atoms with Gasteiger partial charge in [-0.1, -0.05) is 6.07 Å².